The van der Waals surface area contributed by atoms with Crippen molar-refractivity contribution in [1.82, 2.24) is 0 Å². The number of carbonyl (C=O) groups excluding carboxylic acids is 1. The molecule has 4 heteroatoms. The van der Waals surface area contributed by atoms with Crippen molar-refractivity contribution in [3.63, 3.8) is 0 Å². The van der Waals surface area contributed by atoms with Crippen LogP contribution in [0.4, 0.5) is 5.69 Å². The second-order valence-corrected chi connectivity index (χ2v) is 9.29. The van der Waals surface area contributed by atoms with Crippen LogP contribution in [0, 0.1) is 0 Å². The first-order valence-electron chi connectivity index (χ1n) is 11.1. The third-order valence-electron chi connectivity index (χ3n) is 6.40. The third kappa shape index (κ3) is 5.30. The molecule has 31 heavy (non-hydrogen) atoms. The largest absolute Gasteiger partial charge is 0.507 e. The van der Waals surface area contributed by atoms with Crippen LogP contribution < -0.4 is 10.5 Å². The summed E-state index contributed by atoms with van der Waals surface area (Å²) in [6, 6.07) is 8.90. The zero-order valence-corrected chi connectivity index (χ0v) is 20.0. The molecule has 4 nitrogen and oxygen atoms in total. The molecule has 0 amide bonds. The molecule has 0 fully saturated rings. The minimum absolute atomic E-state index is 0.152. The van der Waals surface area contributed by atoms with Crippen LogP contribution in [0.1, 0.15) is 88.4 Å². The summed E-state index contributed by atoms with van der Waals surface area (Å²) in [6.07, 6.45) is 4.96. The lowest BCUT2D eigenvalue weighted by molar-refractivity contribution is 0.104. The number of carbonyl (C=O) groups is 1. The molecule has 2 aromatic carbocycles. The van der Waals surface area contributed by atoms with E-state index in [2.05, 4.69) is 47.6 Å². The number of allylic oxidation sites excluding steroid dienone is 1. The molecule has 168 valence electrons. The van der Waals surface area contributed by atoms with Crippen molar-refractivity contribution in [2.75, 3.05) is 12.3 Å². The molecular formula is C27H37NO3. The topological polar surface area (TPSA) is 72.5 Å². The van der Waals surface area contributed by atoms with Crippen molar-refractivity contribution in [2.45, 2.75) is 72.1 Å². The quantitative estimate of drug-likeness (QED) is 0.269. The Bertz CT molecular complexity index is 953. The highest BCUT2D eigenvalue weighted by atomic mass is 16.5. The van der Waals surface area contributed by atoms with Gasteiger partial charge in [0, 0.05) is 22.4 Å². The number of nitrogens with two attached hydrogens (primary N) is 1. The zero-order chi connectivity index (χ0) is 23.4. The summed E-state index contributed by atoms with van der Waals surface area (Å²) < 4.78 is 6.05. The Balaban J connectivity index is 2.72. The molecule has 0 aliphatic heterocycles. The molecule has 3 N–H and O–H groups in total. The van der Waals surface area contributed by atoms with Gasteiger partial charge in [0.25, 0.3) is 0 Å². The third-order valence-corrected chi connectivity index (χ3v) is 6.40. The second kappa shape index (κ2) is 9.59. The molecule has 0 aliphatic rings. The van der Waals surface area contributed by atoms with Gasteiger partial charge in [-0.3, -0.25) is 4.79 Å². The van der Waals surface area contributed by atoms with Gasteiger partial charge in [-0.05, 0) is 73.1 Å². The Morgan fingerprint density at radius 1 is 1.00 bits per heavy atom. The number of hydrogen-bond acceptors (Lipinski definition) is 4. The number of rotatable bonds is 9. The van der Waals surface area contributed by atoms with Gasteiger partial charge in [0.15, 0.2) is 5.78 Å². The van der Waals surface area contributed by atoms with E-state index in [1.807, 2.05) is 6.92 Å². The van der Waals surface area contributed by atoms with Gasteiger partial charge in [-0.25, -0.2) is 0 Å². The number of benzene rings is 2. The Hall–Kier alpha value is -2.75. The van der Waals surface area contributed by atoms with Gasteiger partial charge in [0.2, 0.25) is 0 Å². The fourth-order valence-electron chi connectivity index (χ4n) is 3.43. The minimum atomic E-state index is -0.225. The summed E-state index contributed by atoms with van der Waals surface area (Å²) in [5, 5.41) is 11.3. The van der Waals surface area contributed by atoms with Crippen LogP contribution >= 0.6 is 0 Å². The van der Waals surface area contributed by atoms with E-state index in [4.69, 9.17) is 10.5 Å². The monoisotopic (exact) mass is 423 g/mol. The highest BCUT2D eigenvalue weighted by molar-refractivity contribution is 6.07. The van der Waals surface area contributed by atoms with Crippen LogP contribution in [-0.2, 0) is 10.8 Å². The Labute approximate surface area is 187 Å². The lowest BCUT2D eigenvalue weighted by Gasteiger charge is -2.32. The van der Waals surface area contributed by atoms with Crippen molar-refractivity contribution in [3.8, 4) is 11.5 Å². The SMILES string of the molecule is CCOc1c(C(C)(C)CC)cc(C(C)(C)CC)c(O)c1/C=C/C(=O)c1ccc(N)cc1. The number of phenols is 1. The smallest absolute Gasteiger partial charge is 0.185 e. The Morgan fingerprint density at radius 2 is 1.55 bits per heavy atom. The van der Waals surface area contributed by atoms with Gasteiger partial charge < -0.3 is 15.6 Å². The first kappa shape index (κ1) is 24.5. The highest BCUT2D eigenvalue weighted by Gasteiger charge is 2.32. The zero-order valence-electron chi connectivity index (χ0n) is 20.0. The summed E-state index contributed by atoms with van der Waals surface area (Å²) in [6.45, 7) is 15.3. The van der Waals surface area contributed by atoms with Crippen LogP contribution in [0.5, 0.6) is 11.5 Å². The van der Waals surface area contributed by atoms with Crippen LogP contribution in [-0.4, -0.2) is 17.5 Å². The maximum absolute atomic E-state index is 12.7. The number of anilines is 1. The Kier molecular flexibility index (Phi) is 7.58. The van der Waals surface area contributed by atoms with Gasteiger partial charge in [-0.2, -0.15) is 0 Å². The van der Waals surface area contributed by atoms with Crippen molar-refractivity contribution >= 4 is 17.5 Å². The predicted molar refractivity (Wildman–Crippen MR) is 130 cm³/mol. The lowest BCUT2D eigenvalue weighted by Crippen LogP contribution is -2.22. The molecule has 0 saturated heterocycles. The van der Waals surface area contributed by atoms with Crippen molar-refractivity contribution < 1.29 is 14.6 Å². The van der Waals surface area contributed by atoms with Crippen LogP contribution in [0.2, 0.25) is 0 Å². The number of ketones is 1. The van der Waals surface area contributed by atoms with Gasteiger partial charge >= 0.3 is 0 Å². The molecule has 2 rings (SSSR count). The average Bonchev–Trinajstić information content (AvgIpc) is 2.73. The van der Waals surface area contributed by atoms with Crippen molar-refractivity contribution in [3.05, 3.63) is 58.7 Å². The number of aromatic hydroxyl groups is 1. The standard InChI is InChI=1S/C27H37NO3/c1-8-26(4,5)21-17-22(27(6,7)9-2)25(31-10-3)20(24(21)30)15-16-23(29)18-11-13-19(28)14-12-18/h11-17,30H,8-10,28H2,1-7H3/b16-15+. The maximum atomic E-state index is 12.7. The van der Waals surface area contributed by atoms with E-state index < -0.39 is 0 Å². The minimum Gasteiger partial charge on any atom is -0.507 e. The van der Waals surface area contributed by atoms with E-state index in [1.165, 1.54) is 6.08 Å². The van der Waals surface area contributed by atoms with Crippen molar-refractivity contribution in [1.29, 1.82) is 0 Å². The molecule has 0 aromatic heterocycles. The molecular weight excluding hydrogens is 386 g/mol. The summed E-state index contributed by atoms with van der Waals surface area (Å²) in [5.74, 6) is 0.662. The maximum Gasteiger partial charge on any atom is 0.185 e. The number of ether oxygens (including phenoxy) is 1. The fourth-order valence-corrected chi connectivity index (χ4v) is 3.43. The molecule has 0 saturated carbocycles. The van der Waals surface area contributed by atoms with Crippen LogP contribution in [0.25, 0.3) is 6.08 Å². The normalized spacial score (nSPS) is 12.4. The van der Waals surface area contributed by atoms with E-state index in [0.29, 0.717) is 29.2 Å². The first-order chi connectivity index (χ1) is 14.5. The molecule has 0 aliphatic carbocycles. The summed E-state index contributed by atoms with van der Waals surface area (Å²) in [7, 11) is 0. The predicted octanol–water partition coefficient (Wildman–Crippen LogP) is 6.64. The fraction of sp³-hybridized carbons (Fsp3) is 0.444. The molecule has 0 atom stereocenters. The number of nitrogen functional groups attached to an aromatic ring is 1. The molecule has 0 unspecified atom stereocenters. The number of phenolic OH excluding ortho intramolecular Hbond substituents is 1. The first-order valence-corrected chi connectivity index (χ1v) is 11.1. The van der Waals surface area contributed by atoms with E-state index in [0.717, 1.165) is 24.0 Å². The highest BCUT2D eigenvalue weighted by Crippen LogP contribution is 2.47. The number of hydrogen-bond donors (Lipinski definition) is 2. The van der Waals surface area contributed by atoms with Crippen molar-refractivity contribution in [2.24, 2.45) is 0 Å². The average molecular weight is 424 g/mol. The van der Waals surface area contributed by atoms with Crippen LogP contribution in [0.3, 0.4) is 0 Å². The van der Waals surface area contributed by atoms with E-state index in [1.54, 1.807) is 30.3 Å². The summed E-state index contributed by atoms with van der Waals surface area (Å²) >= 11 is 0. The summed E-state index contributed by atoms with van der Waals surface area (Å²) in [4.78, 5) is 12.7. The lowest BCUT2D eigenvalue weighted by atomic mass is 9.74. The van der Waals surface area contributed by atoms with E-state index in [-0.39, 0.29) is 22.4 Å². The van der Waals surface area contributed by atoms with Gasteiger partial charge in [0.1, 0.15) is 11.5 Å². The van der Waals surface area contributed by atoms with Crippen LogP contribution in [0.15, 0.2) is 36.4 Å². The Morgan fingerprint density at radius 3 is 2.06 bits per heavy atom. The second-order valence-electron chi connectivity index (χ2n) is 9.29. The molecule has 2 aromatic rings. The summed E-state index contributed by atoms with van der Waals surface area (Å²) in [5.41, 5.74) is 8.98. The van der Waals surface area contributed by atoms with Gasteiger partial charge in [-0.15, -0.1) is 0 Å². The van der Waals surface area contributed by atoms with Gasteiger partial charge in [0.05, 0.1) is 12.2 Å². The van der Waals surface area contributed by atoms with E-state index >= 15 is 0 Å². The van der Waals surface area contributed by atoms with E-state index in [9.17, 15) is 9.90 Å². The molecule has 0 spiro atoms. The molecule has 0 heterocycles. The van der Waals surface area contributed by atoms with Gasteiger partial charge in [-0.1, -0.05) is 41.5 Å². The molecule has 0 bridgehead atoms. The molecule has 0 radical (unpaired) electrons.